The third-order valence-corrected chi connectivity index (χ3v) is 3.11. The highest BCUT2D eigenvalue weighted by molar-refractivity contribution is 5.99. The van der Waals surface area contributed by atoms with Crippen LogP contribution in [0.25, 0.3) is 10.9 Å². The molecule has 0 aliphatic heterocycles. The van der Waals surface area contributed by atoms with Crippen molar-refractivity contribution in [2.24, 2.45) is 0 Å². The van der Waals surface area contributed by atoms with Gasteiger partial charge in [-0.25, -0.2) is 8.78 Å². The molecule has 0 saturated heterocycles. The first-order chi connectivity index (χ1) is 9.90. The Labute approximate surface area is 119 Å². The molecule has 0 aliphatic carbocycles. The number of aromatic nitrogens is 1. The Hall–Kier alpha value is -2.44. The van der Waals surface area contributed by atoms with Gasteiger partial charge in [-0.1, -0.05) is 0 Å². The Kier molecular flexibility index (Phi) is 3.93. The second-order valence-corrected chi connectivity index (χ2v) is 4.39. The third-order valence-electron chi connectivity index (χ3n) is 3.11. The average molecular weight is 297 g/mol. The van der Waals surface area contributed by atoms with Gasteiger partial charge >= 0.3 is 5.97 Å². The first-order valence-corrected chi connectivity index (χ1v) is 6.04. The van der Waals surface area contributed by atoms with E-state index in [1.807, 2.05) is 0 Å². The van der Waals surface area contributed by atoms with E-state index in [0.29, 0.717) is 6.07 Å². The molecule has 0 spiro atoms. The van der Waals surface area contributed by atoms with E-state index in [2.05, 4.69) is 4.74 Å². The van der Waals surface area contributed by atoms with Gasteiger partial charge in [0.25, 0.3) is 0 Å². The molecular weight excluding hydrogens is 284 g/mol. The standard InChI is InChI=1S/C14H13F2NO4/c1-7(18)17-6-8(4-11(19)20-2)12-13(17)9(15)5-10(16)14(12)21-3/h5-6H,4H2,1-3H3. The molecule has 1 aromatic carbocycles. The van der Waals surface area contributed by atoms with Crippen LogP contribution in [0.3, 0.4) is 0 Å². The predicted molar refractivity (Wildman–Crippen MR) is 70.4 cm³/mol. The molecule has 0 bridgehead atoms. The summed E-state index contributed by atoms with van der Waals surface area (Å²) in [6.07, 6.45) is 1.06. The lowest BCUT2D eigenvalue weighted by molar-refractivity contribution is -0.139. The van der Waals surface area contributed by atoms with Crippen molar-refractivity contribution >= 4 is 22.8 Å². The van der Waals surface area contributed by atoms with Crippen molar-refractivity contribution in [3.8, 4) is 5.75 Å². The number of ether oxygens (including phenoxy) is 2. The molecule has 0 atom stereocenters. The number of methoxy groups -OCH3 is 2. The lowest BCUT2D eigenvalue weighted by atomic mass is 10.1. The quantitative estimate of drug-likeness (QED) is 0.816. The van der Waals surface area contributed by atoms with Crippen molar-refractivity contribution in [1.82, 2.24) is 4.57 Å². The van der Waals surface area contributed by atoms with Gasteiger partial charge in [0, 0.05) is 19.2 Å². The smallest absolute Gasteiger partial charge is 0.310 e. The number of hydrogen-bond acceptors (Lipinski definition) is 4. The fourth-order valence-electron chi connectivity index (χ4n) is 2.22. The Morgan fingerprint density at radius 2 is 1.90 bits per heavy atom. The monoisotopic (exact) mass is 297 g/mol. The molecule has 21 heavy (non-hydrogen) atoms. The van der Waals surface area contributed by atoms with E-state index in [4.69, 9.17) is 4.74 Å². The van der Waals surface area contributed by atoms with Gasteiger partial charge in [-0.2, -0.15) is 0 Å². The summed E-state index contributed by atoms with van der Waals surface area (Å²) in [7, 11) is 2.42. The van der Waals surface area contributed by atoms with E-state index < -0.39 is 23.5 Å². The molecule has 0 fully saturated rings. The van der Waals surface area contributed by atoms with Gasteiger partial charge in [0.15, 0.2) is 17.4 Å². The second-order valence-electron chi connectivity index (χ2n) is 4.39. The molecule has 0 saturated carbocycles. The molecule has 0 amide bonds. The Bertz CT molecular complexity index is 736. The number of nitrogens with zero attached hydrogens (tertiary/aromatic N) is 1. The second kappa shape index (κ2) is 5.51. The number of benzene rings is 1. The third kappa shape index (κ3) is 2.46. The number of hydrogen-bond donors (Lipinski definition) is 0. The van der Waals surface area contributed by atoms with E-state index in [0.717, 1.165) is 4.57 Å². The van der Waals surface area contributed by atoms with E-state index >= 15 is 0 Å². The first-order valence-electron chi connectivity index (χ1n) is 6.04. The van der Waals surface area contributed by atoms with Crippen LogP contribution in [0.2, 0.25) is 0 Å². The minimum absolute atomic E-state index is 0.0515. The number of carbonyl (C=O) groups excluding carboxylic acids is 2. The molecule has 2 rings (SSSR count). The van der Waals surface area contributed by atoms with Crippen molar-refractivity contribution in [2.45, 2.75) is 13.3 Å². The van der Waals surface area contributed by atoms with Gasteiger partial charge in [-0.3, -0.25) is 14.2 Å². The van der Waals surface area contributed by atoms with Gasteiger partial charge in [0.2, 0.25) is 5.91 Å². The number of rotatable bonds is 3. The normalized spacial score (nSPS) is 10.7. The summed E-state index contributed by atoms with van der Waals surface area (Å²) >= 11 is 0. The molecule has 5 nitrogen and oxygen atoms in total. The topological polar surface area (TPSA) is 57.5 Å². The Morgan fingerprint density at radius 1 is 1.24 bits per heavy atom. The summed E-state index contributed by atoms with van der Waals surface area (Å²) in [6.45, 7) is 1.23. The SMILES string of the molecule is COC(=O)Cc1cn(C(C)=O)c2c(F)cc(F)c(OC)c12. The summed E-state index contributed by atoms with van der Waals surface area (Å²) in [5, 5.41) is 0.0515. The van der Waals surface area contributed by atoms with Crippen molar-refractivity contribution in [2.75, 3.05) is 14.2 Å². The van der Waals surface area contributed by atoms with Crippen LogP contribution in [-0.4, -0.2) is 30.7 Å². The van der Waals surface area contributed by atoms with Crippen LogP contribution in [0, 0.1) is 11.6 Å². The first kappa shape index (κ1) is 15.0. The van der Waals surface area contributed by atoms with Gasteiger partial charge in [0.05, 0.1) is 31.5 Å². The zero-order valence-electron chi connectivity index (χ0n) is 11.7. The summed E-state index contributed by atoms with van der Waals surface area (Å²) in [5.41, 5.74) is 0.127. The van der Waals surface area contributed by atoms with Crippen LogP contribution >= 0.6 is 0 Å². The van der Waals surface area contributed by atoms with E-state index in [9.17, 15) is 18.4 Å². The van der Waals surface area contributed by atoms with Gasteiger partial charge < -0.3 is 9.47 Å². The number of carbonyl (C=O) groups is 2. The highest BCUT2D eigenvalue weighted by Gasteiger charge is 2.23. The Balaban J connectivity index is 2.85. The fraction of sp³-hybridized carbons (Fsp3) is 0.286. The summed E-state index contributed by atoms with van der Waals surface area (Å²) < 4.78 is 38.4. The minimum Gasteiger partial charge on any atom is -0.493 e. The maximum Gasteiger partial charge on any atom is 0.310 e. The molecule has 2 aromatic rings. The fourth-order valence-corrected chi connectivity index (χ4v) is 2.22. The van der Waals surface area contributed by atoms with E-state index in [1.165, 1.54) is 27.3 Å². The van der Waals surface area contributed by atoms with E-state index in [-0.39, 0.29) is 28.6 Å². The maximum absolute atomic E-state index is 14.0. The minimum atomic E-state index is -0.908. The summed E-state index contributed by atoms with van der Waals surface area (Å²) in [6, 6.07) is 0.641. The molecule has 1 aromatic heterocycles. The van der Waals surface area contributed by atoms with Crippen LogP contribution in [0.15, 0.2) is 12.3 Å². The molecule has 0 unspecified atom stereocenters. The van der Waals surface area contributed by atoms with Crippen LogP contribution in [-0.2, 0) is 16.0 Å². The zero-order chi connectivity index (χ0) is 15.7. The average Bonchev–Trinajstić information content (AvgIpc) is 2.79. The molecule has 0 aliphatic rings. The Morgan fingerprint density at radius 3 is 2.43 bits per heavy atom. The van der Waals surface area contributed by atoms with Crippen molar-refractivity contribution in [3.63, 3.8) is 0 Å². The van der Waals surface area contributed by atoms with Crippen molar-refractivity contribution in [1.29, 1.82) is 0 Å². The molecule has 1 heterocycles. The maximum atomic E-state index is 14.0. The predicted octanol–water partition coefficient (Wildman–Crippen LogP) is 2.30. The highest BCUT2D eigenvalue weighted by atomic mass is 19.1. The van der Waals surface area contributed by atoms with Crippen LogP contribution in [0.5, 0.6) is 5.75 Å². The van der Waals surface area contributed by atoms with Crippen LogP contribution < -0.4 is 4.74 Å². The molecule has 112 valence electrons. The molecule has 0 N–H and O–H groups in total. The number of halogens is 2. The molecule has 0 radical (unpaired) electrons. The number of esters is 1. The van der Waals surface area contributed by atoms with Gasteiger partial charge in [0.1, 0.15) is 0 Å². The van der Waals surface area contributed by atoms with Crippen LogP contribution in [0.1, 0.15) is 17.3 Å². The number of fused-ring (bicyclic) bond motifs is 1. The molecular formula is C14H13F2NO4. The summed E-state index contributed by atoms with van der Waals surface area (Å²) in [4.78, 5) is 23.0. The summed E-state index contributed by atoms with van der Waals surface area (Å²) in [5.74, 6) is -3.09. The highest BCUT2D eigenvalue weighted by Crippen LogP contribution is 2.35. The van der Waals surface area contributed by atoms with Gasteiger partial charge in [-0.15, -0.1) is 0 Å². The molecule has 7 heteroatoms. The van der Waals surface area contributed by atoms with Crippen LogP contribution in [0.4, 0.5) is 8.78 Å². The van der Waals surface area contributed by atoms with Crippen molar-refractivity contribution in [3.05, 3.63) is 29.5 Å². The van der Waals surface area contributed by atoms with Crippen molar-refractivity contribution < 1.29 is 27.8 Å². The largest absolute Gasteiger partial charge is 0.493 e. The lowest BCUT2D eigenvalue weighted by Crippen LogP contribution is -2.05. The zero-order valence-corrected chi connectivity index (χ0v) is 11.7. The van der Waals surface area contributed by atoms with E-state index in [1.54, 1.807) is 0 Å². The lowest BCUT2D eigenvalue weighted by Gasteiger charge is -2.07. The van der Waals surface area contributed by atoms with Gasteiger partial charge in [-0.05, 0) is 5.56 Å².